The maximum atomic E-state index is 14.0. The molecule has 0 aliphatic rings. The lowest BCUT2D eigenvalue weighted by atomic mass is 10.00. The summed E-state index contributed by atoms with van der Waals surface area (Å²) in [4.78, 5) is 12.8. The van der Waals surface area contributed by atoms with E-state index in [0.717, 1.165) is 43.4 Å². The van der Waals surface area contributed by atoms with E-state index in [4.69, 9.17) is 13.9 Å². The molecule has 1 aromatic heterocycles. The van der Waals surface area contributed by atoms with E-state index in [2.05, 4.69) is 25.9 Å². The Kier molecular flexibility index (Phi) is 11.2. The van der Waals surface area contributed by atoms with E-state index < -0.39 is 49.4 Å². The Morgan fingerprint density at radius 1 is 0.750 bits per heavy atom. The number of fused-ring (bicyclic) bond motifs is 1. The number of hydrogen-bond donors (Lipinski definition) is 0. The molecule has 3 rings (SSSR count). The van der Waals surface area contributed by atoms with Crippen molar-refractivity contribution < 1.29 is 68.0 Å². The fourth-order valence-corrected chi connectivity index (χ4v) is 3.98. The minimum Gasteiger partial charge on any atom is -0.496 e. The zero-order chi connectivity index (χ0) is 32.8. The van der Waals surface area contributed by atoms with Crippen LogP contribution in [0.25, 0.3) is 22.1 Å². The lowest BCUT2D eigenvalue weighted by molar-refractivity contribution is -0.574. The zero-order valence-electron chi connectivity index (χ0n) is 23.6. The van der Waals surface area contributed by atoms with Crippen LogP contribution in [0.3, 0.4) is 0 Å². The summed E-state index contributed by atoms with van der Waals surface area (Å²) in [7, 11) is 2.12. The van der Waals surface area contributed by atoms with E-state index in [1.807, 2.05) is 12.1 Å². The monoisotopic (exact) mass is 644 g/mol. The Morgan fingerprint density at radius 3 is 2.02 bits per heavy atom. The van der Waals surface area contributed by atoms with E-state index >= 15 is 0 Å². The van der Waals surface area contributed by atoms with Gasteiger partial charge in [0.2, 0.25) is 0 Å². The topological polar surface area (TPSA) is 85.6 Å². The highest BCUT2D eigenvalue weighted by molar-refractivity contribution is 5.84. The van der Waals surface area contributed by atoms with Gasteiger partial charge in [-0.2, -0.15) is 17.6 Å². The maximum Gasteiger partial charge on any atom is 0.496 e. The molecule has 8 nitrogen and oxygen atoms in total. The molecular weight excluding hydrogens is 616 g/mol. The smallest absolute Gasteiger partial charge is 0.496 e. The molecule has 0 atom stereocenters. The number of alkyl halides is 8. The third-order valence-electron chi connectivity index (χ3n) is 5.83. The summed E-state index contributed by atoms with van der Waals surface area (Å²) in [5.41, 5.74) is 0.670. The van der Waals surface area contributed by atoms with Crippen LogP contribution in [0.5, 0.6) is 11.5 Å². The van der Waals surface area contributed by atoms with Crippen LogP contribution in [0.1, 0.15) is 31.7 Å². The summed E-state index contributed by atoms with van der Waals surface area (Å²) in [5.74, 6) is 0.0180. The Morgan fingerprint density at radius 2 is 1.41 bits per heavy atom. The highest BCUT2D eigenvalue weighted by Gasteiger charge is 2.56. The van der Waals surface area contributed by atoms with Gasteiger partial charge in [-0.1, -0.05) is 31.9 Å². The summed E-state index contributed by atoms with van der Waals surface area (Å²) >= 11 is 0. The molecule has 0 saturated carbocycles. The number of rotatable bonds is 17. The van der Waals surface area contributed by atoms with Crippen LogP contribution in [0.15, 0.2) is 51.7 Å². The van der Waals surface area contributed by atoms with Gasteiger partial charge in [0.15, 0.2) is 6.61 Å². The van der Waals surface area contributed by atoms with E-state index in [0.29, 0.717) is 23.8 Å². The summed E-state index contributed by atoms with van der Waals surface area (Å²) in [6.45, 7) is -1.67. The standard InChI is InChI=1S/C28H28F8O8/c1-4-5-6-7-17-8-11-20(23(12-17)39-3)21-13-18-9-10-19(14-22(18)41-24(21)37)40-16-26(31,32)43-28(35,36)44-27(33,34)42-25(29,30)15-38-2/h8-14H,4-7,15-16H2,1-3H3. The molecule has 0 amide bonds. The molecule has 0 spiro atoms. The summed E-state index contributed by atoms with van der Waals surface area (Å²) in [6, 6.07) is 10.3. The van der Waals surface area contributed by atoms with Crippen LogP contribution in [-0.4, -0.2) is 52.2 Å². The number of hydrogen-bond acceptors (Lipinski definition) is 8. The van der Waals surface area contributed by atoms with Crippen molar-refractivity contribution in [1.29, 1.82) is 0 Å². The Labute approximate surface area is 245 Å². The molecule has 0 aliphatic heterocycles. The predicted molar refractivity (Wildman–Crippen MR) is 138 cm³/mol. The third-order valence-corrected chi connectivity index (χ3v) is 5.83. The van der Waals surface area contributed by atoms with Crippen molar-refractivity contribution in [3.05, 3.63) is 58.4 Å². The maximum absolute atomic E-state index is 14.0. The Balaban J connectivity index is 1.71. The fourth-order valence-electron chi connectivity index (χ4n) is 3.98. The molecule has 1 heterocycles. The second-order valence-corrected chi connectivity index (χ2v) is 9.37. The molecule has 44 heavy (non-hydrogen) atoms. The van der Waals surface area contributed by atoms with E-state index in [9.17, 15) is 39.9 Å². The molecule has 0 radical (unpaired) electrons. The van der Waals surface area contributed by atoms with Crippen molar-refractivity contribution in [3.63, 3.8) is 0 Å². The van der Waals surface area contributed by atoms with Crippen molar-refractivity contribution in [3.8, 4) is 22.6 Å². The molecule has 2 aromatic carbocycles. The minimum atomic E-state index is -5.82. The van der Waals surface area contributed by atoms with Crippen molar-refractivity contribution in [2.75, 3.05) is 27.4 Å². The fraction of sp³-hybridized carbons (Fsp3) is 0.464. The van der Waals surface area contributed by atoms with Crippen LogP contribution in [-0.2, 0) is 25.4 Å². The van der Waals surface area contributed by atoms with E-state index in [1.165, 1.54) is 19.2 Å². The molecule has 0 saturated heterocycles. The molecule has 0 N–H and O–H groups in total. The van der Waals surface area contributed by atoms with Gasteiger partial charge in [-0.25, -0.2) is 19.0 Å². The second kappa shape index (κ2) is 14.1. The van der Waals surface area contributed by atoms with Gasteiger partial charge in [0.1, 0.15) is 23.7 Å². The van der Waals surface area contributed by atoms with Crippen LogP contribution in [0, 0.1) is 0 Å². The first-order valence-corrected chi connectivity index (χ1v) is 13.0. The van der Waals surface area contributed by atoms with Gasteiger partial charge in [0.25, 0.3) is 0 Å². The van der Waals surface area contributed by atoms with Crippen LogP contribution >= 0.6 is 0 Å². The average Bonchev–Trinajstić information content (AvgIpc) is 2.89. The van der Waals surface area contributed by atoms with Gasteiger partial charge < -0.3 is 18.6 Å². The minimum absolute atomic E-state index is 0.127. The van der Waals surface area contributed by atoms with Crippen molar-refractivity contribution in [2.24, 2.45) is 0 Å². The number of benzene rings is 2. The van der Waals surface area contributed by atoms with Gasteiger partial charge in [-0.05, 0) is 42.7 Å². The highest BCUT2D eigenvalue weighted by Crippen LogP contribution is 2.37. The molecular formula is C28H28F8O8. The average molecular weight is 645 g/mol. The van der Waals surface area contributed by atoms with Gasteiger partial charge in [-0.15, -0.1) is 17.6 Å². The van der Waals surface area contributed by atoms with Crippen LogP contribution < -0.4 is 15.1 Å². The lowest BCUT2D eigenvalue weighted by Gasteiger charge is -2.27. The molecule has 16 heteroatoms. The summed E-state index contributed by atoms with van der Waals surface area (Å²) < 4.78 is 136. The molecule has 3 aromatic rings. The molecule has 0 aliphatic carbocycles. The molecule has 0 bridgehead atoms. The van der Waals surface area contributed by atoms with Gasteiger partial charge in [0.05, 0.1) is 12.7 Å². The third kappa shape index (κ3) is 10.0. The van der Waals surface area contributed by atoms with E-state index in [-0.39, 0.29) is 11.1 Å². The zero-order valence-corrected chi connectivity index (χ0v) is 23.6. The van der Waals surface area contributed by atoms with Crippen molar-refractivity contribution in [2.45, 2.75) is 57.4 Å². The van der Waals surface area contributed by atoms with Gasteiger partial charge in [0, 0.05) is 24.1 Å². The summed E-state index contributed by atoms with van der Waals surface area (Å²) in [6.07, 6.45) is -17.5. The van der Waals surface area contributed by atoms with Crippen LogP contribution in [0.2, 0.25) is 0 Å². The first-order valence-electron chi connectivity index (χ1n) is 13.0. The van der Waals surface area contributed by atoms with E-state index in [1.54, 1.807) is 6.07 Å². The van der Waals surface area contributed by atoms with Gasteiger partial charge >= 0.3 is 30.4 Å². The van der Waals surface area contributed by atoms with Crippen molar-refractivity contribution >= 4 is 11.0 Å². The Hall–Kier alpha value is -3.47. The quantitative estimate of drug-likeness (QED) is 0.0645. The highest BCUT2D eigenvalue weighted by atomic mass is 19.3. The first-order chi connectivity index (χ1) is 20.5. The number of aryl methyl sites for hydroxylation is 1. The molecule has 244 valence electrons. The molecule has 0 fully saturated rings. The van der Waals surface area contributed by atoms with Crippen molar-refractivity contribution in [1.82, 2.24) is 0 Å². The normalized spacial score (nSPS) is 13.0. The predicted octanol–water partition coefficient (Wildman–Crippen LogP) is 7.56. The number of unbranched alkanes of at least 4 members (excludes halogenated alkanes) is 2. The SMILES string of the molecule is CCCCCc1ccc(-c2cc3ccc(OCC(F)(F)OC(F)(F)OC(F)(F)OC(F)(F)COC)cc3oc2=O)c(OC)c1. The number of ether oxygens (including phenoxy) is 6. The Bertz CT molecular complexity index is 1460. The first kappa shape index (κ1) is 35.0. The lowest BCUT2D eigenvalue weighted by Crippen LogP contribution is -2.46. The number of halogens is 8. The molecule has 0 unspecified atom stereocenters. The summed E-state index contributed by atoms with van der Waals surface area (Å²) in [5, 5.41) is 0.330. The largest absolute Gasteiger partial charge is 0.496 e. The van der Waals surface area contributed by atoms with Crippen LogP contribution in [0.4, 0.5) is 35.1 Å². The number of methoxy groups -OCH3 is 2. The second-order valence-electron chi connectivity index (χ2n) is 9.37. The van der Waals surface area contributed by atoms with Gasteiger partial charge in [-0.3, -0.25) is 0 Å².